The molecule has 11 N–H and O–H groups in total. The van der Waals surface area contributed by atoms with Crippen LogP contribution in [0.2, 0.25) is 0 Å². The van der Waals surface area contributed by atoms with Crippen LogP contribution in [0.3, 0.4) is 0 Å². The Bertz CT molecular complexity index is 1810. The summed E-state index contributed by atoms with van der Waals surface area (Å²) in [6, 6.07) is -4.68. The molecule has 0 aromatic rings. The average Bonchev–Trinajstić information content (AvgIpc) is 3.26. The second-order valence-electron chi connectivity index (χ2n) is 16.1. The lowest BCUT2D eigenvalue weighted by Crippen LogP contribution is -2.56. The summed E-state index contributed by atoms with van der Waals surface area (Å²) < 4.78 is 17.5. The van der Waals surface area contributed by atoms with Gasteiger partial charge in [-0.1, -0.05) is 83.1 Å². The molecule has 0 radical (unpaired) electrons. The lowest BCUT2D eigenvalue weighted by molar-refractivity contribution is -0.175. The highest BCUT2D eigenvalue weighted by molar-refractivity contribution is 6.02. The van der Waals surface area contributed by atoms with E-state index in [0.29, 0.717) is 0 Å². The molecule has 9 amide bonds. The van der Waals surface area contributed by atoms with Crippen molar-refractivity contribution in [3.63, 3.8) is 0 Å². The van der Waals surface area contributed by atoms with Crippen LogP contribution in [0.1, 0.15) is 92.9 Å². The fourth-order valence-electron chi connectivity index (χ4n) is 5.93. The predicted octanol–water partition coefficient (Wildman–Crippen LogP) is 1.44. The van der Waals surface area contributed by atoms with Crippen molar-refractivity contribution in [2.24, 2.45) is 22.8 Å². The Morgan fingerprint density at radius 1 is 0.894 bits per heavy atom. The summed E-state index contributed by atoms with van der Waals surface area (Å²) in [5.74, 6) is -6.52. The van der Waals surface area contributed by atoms with E-state index < -0.39 is 109 Å². The number of carbonyl (C=O) groups excluding carboxylic acids is 9. The molecule has 368 valence electrons. The molecule has 5 atom stereocenters. The van der Waals surface area contributed by atoms with Crippen LogP contribution in [0.25, 0.3) is 0 Å². The summed E-state index contributed by atoms with van der Waals surface area (Å²) in [7, 11) is 1.45. The first kappa shape index (κ1) is 57.5. The summed E-state index contributed by atoms with van der Waals surface area (Å²) in [6.07, 6.45) is 16.7. The molecule has 21 heteroatoms. The molecule has 0 fully saturated rings. The largest absolute Gasteiger partial charge is 0.460 e. The summed E-state index contributed by atoms with van der Waals surface area (Å²) >= 11 is 0. The maximum absolute atomic E-state index is 14.1. The minimum Gasteiger partial charge on any atom is -0.460 e. The third kappa shape index (κ3) is 23.4. The van der Waals surface area contributed by atoms with Gasteiger partial charge in [0.05, 0.1) is 18.1 Å². The lowest BCUT2D eigenvalue weighted by Gasteiger charge is -2.34. The zero-order valence-electron chi connectivity index (χ0n) is 39.2. The number of unbranched alkanes of at least 4 members (excludes halogenated alkanes) is 2. The Labute approximate surface area is 387 Å². The molecule has 1 aliphatic heterocycles. The number of allylic oxidation sites excluding steroid dienone is 6. The van der Waals surface area contributed by atoms with Crippen LogP contribution in [0.5, 0.6) is 0 Å². The molecule has 3 unspecified atom stereocenters. The van der Waals surface area contributed by atoms with E-state index in [4.69, 9.17) is 25.7 Å². The van der Waals surface area contributed by atoms with Crippen LogP contribution in [0.4, 0.5) is 9.59 Å². The van der Waals surface area contributed by atoms with Gasteiger partial charge in [-0.05, 0) is 57.9 Å². The number of amides is 9. The third-order valence-corrected chi connectivity index (χ3v) is 9.89. The van der Waals surface area contributed by atoms with Gasteiger partial charge in [0, 0.05) is 32.7 Å². The fourth-order valence-corrected chi connectivity index (χ4v) is 5.93. The number of methoxy groups -OCH3 is 1. The van der Waals surface area contributed by atoms with Crippen molar-refractivity contribution in [1.29, 1.82) is 0 Å². The number of hydrogen-bond donors (Lipinski definition) is 9. The summed E-state index contributed by atoms with van der Waals surface area (Å²) in [6.45, 7) is 8.37. The van der Waals surface area contributed by atoms with Crippen molar-refractivity contribution < 1.29 is 57.4 Å². The van der Waals surface area contributed by atoms with Crippen LogP contribution in [-0.2, 0) is 47.8 Å². The molecule has 0 aromatic carbocycles. The predicted molar refractivity (Wildman–Crippen MR) is 245 cm³/mol. The molecule has 66 heavy (non-hydrogen) atoms. The van der Waals surface area contributed by atoms with Crippen LogP contribution in [0, 0.1) is 11.3 Å². The minimum absolute atomic E-state index is 0.0336. The van der Waals surface area contributed by atoms with Crippen molar-refractivity contribution in [1.82, 2.24) is 37.2 Å². The maximum atomic E-state index is 14.1. The average molecular weight is 930 g/mol. The molecular formula is C45H71N9O12. The van der Waals surface area contributed by atoms with Gasteiger partial charge in [-0.25, -0.2) is 9.59 Å². The molecule has 1 aliphatic rings. The normalized spacial score (nSPS) is 22.7. The third-order valence-electron chi connectivity index (χ3n) is 9.89. The summed E-state index contributed by atoms with van der Waals surface area (Å²) in [4.78, 5) is 117. The van der Waals surface area contributed by atoms with Gasteiger partial charge in [0.25, 0.3) is 5.91 Å². The highest BCUT2D eigenvalue weighted by Gasteiger charge is 2.43. The van der Waals surface area contributed by atoms with Crippen molar-refractivity contribution >= 4 is 53.5 Å². The number of primary amides is 2. The lowest BCUT2D eigenvalue weighted by atomic mass is 9.83. The first-order valence-electron chi connectivity index (χ1n) is 22.1. The van der Waals surface area contributed by atoms with Gasteiger partial charge in [-0.3, -0.25) is 33.6 Å². The second kappa shape index (κ2) is 31.4. The molecule has 1 rings (SSSR count). The molecule has 0 bridgehead atoms. The van der Waals surface area contributed by atoms with Gasteiger partial charge in [0.2, 0.25) is 23.6 Å². The molecule has 0 saturated carbocycles. The standard InChI is InChI=1S/C45H71N9O12/c1-8-10-11-12-13-14-15-16-17-20-30(64-7)25-35-45(5,6)42(61)65-34(29(3)4)22-23-36(55)52-31(19-9-2)41(60)54-32(21-18-24-48-43(46)62)39(58)49-27-37(56)53-33(26-51-44(47)63)40(59)50-28-38(57)66-35/h12-13,15-17,19-20,22-23,29-30,32-35H,8-11,14,18,21,24-28H2,1-7H3,(H,49,58)(H,50,59)(H,52,55)(H,53,56)(H,54,60)(H3,46,48,62)(H3,47,51,63)/b13-12-,16-15+,20-17+,23-22+,31-19-/t30-,32+,33?,34?,35?/m0/s1. The molecule has 0 aliphatic carbocycles. The fraction of sp³-hybridized carbons (Fsp3) is 0.578. The number of cyclic esters (lactones) is 2. The van der Waals surface area contributed by atoms with Gasteiger partial charge < -0.3 is 62.9 Å². The zero-order valence-corrected chi connectivity index (χ0v) is 39.2. The number of ether oxygens (including phenoxy) is 3. The Hall–Kier alpha value is -6.51. The van der Waals surface area contributed by atoms with Crippen LogP contribution in [-0.4, -0.2) is 117 Å². The van der Waals surface area contributed by atoms with Crippen molar-refractivity contribution in [2.45, 2.75) is 123 Å². The van der Waals surface area contributed by atoms with Crippen LogP contribution in [0.15, 0.2) is 60.4 Å². The van der Waals surface area contributed by atoms with Gasteiger partial charge in [0.15, 0.2) is 0 Å². The number of urea groups is 2. The number of nitrogens with two attached hydrogens (primary N) is 2. The van der Waals surface area contributed by atoms with E-state index in [-0.39, 0.29) is 43.8 Å². The second-order valence-corrected chi connectivity index (χ2v) is 16.1. The number of esters is 2. The first-order chi connectivity index (χ1) is 31.2. The van der Waals surface area contributed by atoms with Crippen molar-refractivity contribution in [2.75, 3.05) is 33.3 Å². The van der Waals surface area contributed by atoms with E-state index in [1.807, 2.05) is 12.2 Å². The molecule has 0 saturated heterocycles. The van der Waals surface area contributed by atoms with E-state index in [0.717, 1.165) is 31.8 Å². The first-order valence-corrected chi connectivity index (χ1v) is 22.1. The SMILES string of the molecule is CC/C=C1\NC(=O)/C=C/C(C(C)C)OC(=O)C(C)(C)C(C[C@H](/C=C/C=C/C/C=C\CCCC)OC)OC(=O)CNC(=O)C(CNC(N)=O)NC(=O)CNC(=O)[C@@H](CCCNC(N)=O)NC1=O. The van der Waals surface area contributed by atoms with E-state index in [2.05, 4.69) is 56.3 Å². The van der Waals surface area contributed by atoms with Crippen molar-refractivity contribution in [3.8, 4) is 0 Å². The molecule has 0 aromatic heterocycles. The Morgan fingerprint density at radius 2 is 1.58 bits per heavy atom. The maximum Gasteiger partial charge on any atom is 0.325 e. The molecule has 1 heterocycles. The van der Waals surface area contributed by atoms with Gasteiger partial charge >= 0.3 is 24.0 Å². The minimum atomic E-state index is -1.56. The highest BCUT2D eigenvalue weighted by Crippen LogP contribution is 2.31. The zero-order chi connectivity index (χ0) is 49.7. The Kier molecular flexibility index (Phi) is 27.3. The highest BCUT2D eigenvalue weighted by atomic mass is 16.6. The number of hydrogen-bond acceptors (Lipinski definition) is 12. The number of rotatable bonds is 18. The van der Waals surface area contributed by atoms with E-state index in [1.54, 1.807) is 32.9 Å². The quantitative estimate of drug-likeness (QED) is 0.0310. The van der Waals surface area contributed by atoms with Crippen molar-refractivity contribution in [3.05, 3.63) is 60.4 Å². The van der Waals surface area contributed by atoms with E-state index in [9.17, 15) is 43.2 Å². The Morgan fingerprint density at radius 3 is 2.21 bits per heavy atom. The van der Waals surface area contributed by atoms with Gasteiger partial charge in [-0.2, -0.15) is 0 Å². The van der Waals surface area contributed by atoms with E-state index >= 15 is 0 Å². The number of nitrogens with one attached hydrogen (secondary N) is 7. The summed E-state index contributed by atoms with van der Waals surface area (Å²) in [5.41, 5.74) is 8.57. The summed E-state index contributed by atoms with van der Waals surface area (Å²) in [5, 5.41) is 16.7. The monoisotopic (exact) mass is 930 g/mol. The number of carbonyl (C=O) groups is 9. The van der Waals surface area contributed by atoms with Crippen LogP contribution < -0.4 is 48.7 Å². The molecular weight excluding hydrogens is 859 g/mol. The smallest absolute Gasteiger partial charge is 0.325 e. The van der Waals surface area contributed by atoms with Gasteiger partial charge in [-0.15, -0.1) is 0 Å². The van der Waals surface area contributed by atoms with E-state index in [1.165, 1.54) is 33.1 Å². The van der Waals surface area contributed by atoms with Gasteiger partial charge in [0.1, 0.15) is 36.5 Å². The molecule has 21 nitrogen and oxygen atoms in total. The Balaban J connectivity index is 3.67. The van der Waals surface area contributed by atoms with Crippen LogP contribution >= 0.6 is 0 Å². The topological polar surface area (TPSA) is 318 Å². The molecule has 0 spiro atoms.